The van der Waals surface area contributed by atoms with Crippen LogP contribution in [0.15, 0.2) is 30.5 Å². The van der Waals surface area contributed by atoms with Crippen molar-refractivity contribution in [3.05, 3.63) is 47.5 Å². The molecule has 1 aliphatic rings. The molecule has 1 saturated heterocycles. The SMILES string of the molecule is CCC(=O)N[C@H](Cc1ccc(NC(=O)[C@H](C)NC(=O)c2ccnn2CC(F)F)c(F)c1)C(=O)N1CCN(C)CC1. The Labute approximate surface area is 230 Å². The summed E-state index contributed by atoms with van der Waals surface area (Å²) in [6, 6.07) is 3.28. The Morgan fingerprint density at radius 1 is 1.05 bits per heavy atom. The summed E-state index contributed by atoms with van der Waals surface area (Å²) in [4.78, 5) is 54.1. The number of carbonyl (C=O) groups is 4. The van der Waals surface area contributed by atoms with E-state index in [-0.39, 0.29) is 36.0 Å². The van der Waals surface area contributed by atoms with Crippen LogP contribution in [0.5, 0.6) is 0 Å². The van der Waals surface area contributed by atoms with Gasteiger partial charge in [0.25, 0.3) is 12.3 Å². The number of nitrogens with one attached hydrogen (secondary N) is 3. The summed E-state index contributed by atoms with van der Waals surface area (Å²) in [5.74, 6) is -2.84. The van der Waals surface area contributed by atoms with Gasteiger partial charge in [-0.15, -0.1) is 0 Å². The number of hydrogen-bond acceptors (Lipinski definition) is 6. The van der Waals surface area contributed by atoms with Crippen molar-refractivity contribution in [3.8, 4) is 0 Å². The van der Waals surface area contributed by atoms with E-state index in [2.05, 4.69) is 25.9 Å². The second kappa shape index (κ2) is 13.9. The van der Waals surface area contributed by atoms with Crippen molar-refractivity contribution in [2.75, 3.05) is 38.5 Å². The van der Waals surface area contributed by atoms with Crippen molar-refractivity contribution in [1.82, 2.24) is 30.2 Å². The molecule has 0 unspecified atom stereocenters. The summed E-state index contributed by atoms with van der Waals surface area (Å²) >= 11 is 0. The largest absolute Gasteiger partial charge is 0.344 e. The van der Waals surface area contributed by atoms with Crippen LogP contribution in [0, 0.1) is 5.82 Å². The molecule has 0 aliphatic carbocycles. The Bertz CT molecular complexity index is 1210. The van der Waals surface area contributed by atoms with Gasteiger partial charge in [0.1, 0.15) is 30.1 Å². The normalized spacial score (nSPS) is 15.4. The van der Waals surface area contributed by atoms with E-state index in [1.807, 2.05) is 7.05 Å². The van der Waals surface area contributed by atoms with E-state index in [0.29, 0.717) is 31.7 Å². The maximum Gasteiger partial charge on any atom is 0.270 e. The lowest BCUT2D eigenvalue weighted by Gasteiger charge is -2.34. The van der Waals surface area contributed by atoms with E-state index in [1.54, 1.807) is 11.8 Å². The van der Waals surface area contributed by atoms with Crippen molar-refractivity contribution in [2.45, 2.75) is 51.7 Å². The van der Waals surface area contributed by atoms with E-state index in [0.717, 1.165) is 4.68 Å². The molecule has 1 aliphatic heterocycles. The highest BCUT2D eigenvalue weighted by atomic mass is 19.3. The van der Waals surface area contributed by atoms with Crippen LogP contribution in [-0.4, -0.2) is 94.9 Å². The Morgan fingerprint density at radius 2 is 1.75 bits per heavy atom. The standard InChI is InChI=1S/C26H34F3N7O4/c1-4-23(37)32-20(26(40)35-11-9-34(3)10-12-35)14-17-5-6-19(18(27)13-17)33-24(38)16(2)31-25(39)21-7-8-30-36(21)15-22(28)29/h5-8,13,16,20,22H,4,9-12,14-15H2,1-3H3,(H,31,39)(H,32,37)(H,33,38)/t16-,20+/m0/s1. The predicted octanol–water partition coefficient (Wildman–Crippen LogP) is 1.26. The van der Waals surface area contributed by atoms with Gasteiger partial charge in [0, 0.05) is 45.2 Å². The molecule has 218 valence electrons. The maximum absolute atomic E-state index is 14.9. The summed E-state index contributed by atoms with van der Waals surface area (Å²) in [5.41, 5.74) is 0.136. The molecule has 0 spiro atoms. The zero-order chi connectivity index (χ0) is 29.4. The Kier molecular flexibility index (Phi) is 10.6. The molecule has 40 heavy (non-hydrogen) atoms. The van der Waals surface area contributed by atoms with Gasteiger partial charge in [0.15, 0.2) is 0 Å². The molecule has 1 aromatic heterocycles. The zero-order valence-corrected chi connectivity index (χ0v) is 22.6. The summed E-state index contributed by atoms with van der Waals surface area (Å²) in [7, 11) is 1.96. The monoisotopic (exact) mass is 565 g/mol. The number of rotatable bonds is 11. The van der Waals surface area contributed by atoms with E-state index in [4.69, 9.17) is 0 Å². The second-order valence-electron chi connectivity index (χ2n) is 9.59. The second-order valence-corrected chi connectivity index (χ2v) is 9.59. The van der Waals surface area contributed by atoms with Crippen LogP contribution >= 0.6 is 0 Å². The van der Waals surface area contributed by atoms with Gasteiger partial charge in [0.2, 0.25) is 17.7 Å². The van der Waals surface area contributed by atoms with Crippen molar-refractivity contribution in [3.63, 3.8) is 0 Å². The van der Waals surface area contributed by atoms with Crippen LogP contribution in [0.25, 0.3) is 0 Å². The molecule has 3 N–H and O–H groups in total. The van der Waals surface area contributed by atoms with Gasteiger partial charge in [0.05, 0.1) is 5.69 Å². The minimum Gasteiger partial charge on any atom is -0.344 e. The number of likely N-dealkylation sites (N-methyl/N-ethyl adjacent to an activating group) is 1. The number of halogens is 3. The van der Waals surface area contributed by atoms with Crippen molar-refractivity contribution in [1.29, 1.82) is 0 Å². The minimum atomic E-state index is -2.72. The van der Waals surface area contributed by atoms with E-state index >= 15 is 0 Å². The number of aromatic nitrogens is 2. The topological polar surface area (TPSA) is 129 Å². The molecule has 2 aromatic rings. The number of nitrogens with zero attached hydrogens (tertiary/aromatic N) is 4. The Hall–Kier alpha value is -3.94. The average Bonchev–Trinajstić information content (AvgIpc) is 3.37. The lowest BCUT2D eigenvalue weighted by molar-refractivity contribution is -0.137. The first kappa shape index (κ1) is 30.6. The summed E-state index contributed by atoms with van der Waals surface area (Å²) in [6.45, 7) is 4.72. The smallest absolute Gasteiger partial charge is 0.270 e. The number of anilines is 1. The summed E-state index contributed by atoms with van der Waals surface area (Å²) in [5, 5.41) is 11.2. The Balaban J connectivity index is 1.64. The average molecular weight is 566 g/mol. The van der Waals surface area contributed by atoms with Gasteiger partial charge in [-0.2, -0.15) is 5.10 Å². The van der Waals surface area contributed by atoms with Gasteiger partial charge in [-0.05, 0) is 37.7 Å². The van der Waals surface area contributed by atoms with Crippen molar-refractivity contribution >= 4 is 29.3 Å². The summed E-state index contributed by atoms with van der Waals surface area (Å²) in [6.07, 6.45) is -1.28. The first-order valence-corrected chi connectivity index (χ1v) is 12.9. The first-order chi connectivity index (χ1) is 19.0. The fourth-order valence-electron chi connectivity index (χ4n) is 4.15. The fourth-order valence-corrected chi connectivity index (χ4v) is 4.15. The molecular formula is C26H34F3N7O4. The fraction of sp³-hybridized carbons (Fsp3) is 0.500. The summed E-state index contributed by atoms with van der Waals surface area (Å²) < 4.78 is 41.1. The lowest BCUT2D eigenvalue weighted by atomic mass is 10.0. The predicted molar refractivity (Wildman–Crippen MR) is 140 cm³/mol. The molecule has 0 radical (unpaired) electrons. The number of piperazine rings is 1. The molecule has 14 heteroatoms. The molecule has 0 saturated carbocycles. The molecular weight excluding hydrogens is 531 g/mol. The molecule has 2 heterocycles. The molecule has 1 aromatic carbocycles. The van der Waals surface area contributed by atoms with E-state index < -0.39 is 42.7 Å². The zero-order valence-electron chi connectivity index (χ0n) is 22.6. The first-order valence-electron chi connectivity index (χ1n) is 12.9. The van der Waals surface area contributed by atoms with Crippen molar-refractivity contribution < 1.29 is 32.3 Å². The number of hydrogen-bond donors (Lipinski definition) is 3. The Morgan fingerprint density at radius 3 is 2.38 bits per heavy atom. The van der Waals surface area contributed by atoms with Gasteiger partial charge in [-0.25, -0.2) is 13.2 Å². The minimum absolute atomic E-state index is 0.0564. The third kappa shape index (κ3) is 8.28. The third-order valence-corrected chi connectivity index (χ3v) is 6.50. The molecule has 0 bridgehead atoms. The molecule has 1 fully saturated rings. The number of amides is 4. The van der Waals surface area contributed by atoms with Crippen molar-refractivity contribution in [2.24, 2.45) is 0 Å². The molecule has 4 amide bonds. The van der Waals surface area contributed by atoms with Gasteiger partial charge < -0.3 is 25.8 Å². The lowest BCUT2D eigenvalue weighted by Crippen LogP contribution is -2.54. The van der Waals surface area contributed by atoms with Gasteiger partial charge in [-0.3, -0.25) is 23.9 Å². The molecule has 11 nitrogen and oxygen atoms in total. The van der Waals surface area contributed by atoms with Crippen LogP contribution in [-0.2, 0) is 27.3 Å². The van der Waals surface area contributed by atoms with Crippen LogP contribution in [0.3, 0.4) is 0 Å². The molecule has 2 atom stereocenters. The van der Waals surface area contributed by atoms with Gasteiger partial charge in [-0.1, -0.05) is 13.0 Å². The number of benzene rings is 1. The van der Waals surface area contributed by atoms with Crippen LogP contribution in [0.4, 0.5) is 18.9 Å². The van der Waals surface area contributed by atoms with Gasteiger partial charge >= 0.3 is 0 Å². The van der Waals surface area contributed by atoms with E-state index in [9.17, 15) is 32.3 Å². The highest BCUT2D eigenvalue weighted by molar-refractivity contribution is 6.00. The van der Waals surface area contributed by atoms with Crippen LogP contribution in [0.1, 0.15) is 36.3 Å². The number of carbonyl (C=O) groups excluding carboxylic acids is 4. The number of alkyl halides is 2. The maximum atomic E-state index is 14.9. The highest BCUT2D eigenvalue weighted by Gasteiger charge is 2.28. The highest BCUT2D eigenvalue weighted by Crippen LogP contribution is 2.18. The van der Waals surface area contributed by atoms with Crippen LogP contribution < -0.4 is 16.0 Å². The van der Waals surface area contributed by atoms with E-state index in [1.165, 1.54) is 37.4 Å². The molecule has 3 rings (SSSR count). The quantitative estimate of drug-likeness (QED) is 0.376. The van der Waals surface area contributed by atoms with Crippen LogP contribution in [0.2, 0.25) is 0 Å². The third-order valence-electron chi connectivity index (χ3n) is 6.50.